The Labute approximate surface area is 97.5 Å². The van der Waals surface area contributed by atoms with Gasteiger partial charge in [-0.3, -0.25) is 4.68 Å². The van der Waals surface area contributed by atoms with E-state index in [0.717, 1.165) is 30.7 Å². The molecule has 1 N–H and O–H groups in total. The van der Waals surface area contributed by atoms with Crippen LogP contribution < -0.4 is 5.32 Å². The van der Waals surface area contributed by atoms with E-state index in [2.05, 4.69) is 22.3 Å². The van der Waals surface area contributed by atoms with Gasteiger partial charge in [-0.25, -0.2) is 4.98 Å². The van der Waals surface area contributed by atoms with Gasteiger partial charge in [-0.15, -0.1) is 0 Å². The monoisotopic (exact) mass is 222 g/mol. The molecule has 1 aliphatic rings. The van der Waals surface area contributed by atoms with Gasteiger partial charge in [0.25, 0.3) is 0 Å². The van der Waals surface area contributed by atoms with E-state index in [1.165, 1.54) is 25.7 Å². The molecule has 0 bridgehead atoms. The lowest BCUT2D eigenvalue weighted by Crippen LogP contribution is -2.29. The molecule has 4 nitrogen and oxygen atoms in total. The van der Waals surface area contributed by atoms with Crippen molar-refractivity contribution < 1.29 is 0 Å². The van der Waals surface area contributed by atoms with Crippen molar-refractivity contribution in [3.8, 4) is 0 Å². The van der Waals surface area contributed by atoms with E-state index in [-0.39, 0.29) is 0 Å². The van der Waals surface area contributed by atoms with Gasteiger partial charge in [-0.1, -0.05) is 26.2 Å². The maximum absolute atomic E-state index is 4.26. The highest BCUT2D eigenvalue weighted by atomic mass is 15.3. The number of nitrogens with one attached hydrogen (secondary N) is 1. The van der Waals surface area contributed by atoms with Crippen LogP contribution in [-0.4, -0.2) is 21.3 Å². The molecule has 1 aromatic rings. The third kappa shape index (κ3) is 3.04. The van der Waals surface area contributed by atoms with E-state index in [9.17, 15) is 0 Å². The molecule has 2 rings (SSSR count). The molecule has 2 unspecified atom stereocenters. The summed E-state index contributed by atoms with van der Waals surface area (Å²) in [6, 6.07) is 0. The second-order valence-electron chi connectivity index (χ2n) is 4.99. The summed E-state index contributed by atoms with van der Waals surface area (Å²) in [5, 5.41) is 7.73. The summed E-state index contributed by atoms with van der Waals surface area (Å²) in [7, 11) is 1.90. The lowest BCUT2D eigenvalue weighted by molar-refractivity contribution is 0.247. The molecule has 1 aliphatic carbocycles. The van der Waals surface area contributed by atoms with E-state index in [0.29, 0.717) is 0 Å². The fraction of sp³-hybridized carbons (Fsp3) is 0.833. The van der Waals surface area contributed by atoms with Crippen LogP contribution in [0.3, 0.4) is 0 Å². The van der Waals surface area contributed by atoms with Crippen molar-refractivity contribution in [3.63, 3.8) is 0 Å². The molecule has 1 saturated carbocycles. The molecule has 16 heavy (non-hydrogen) atoms. The summed E-state index contributed by atoms with van der Waals surface area (Å²) in [6.45, 7) is 4.29. The largest absolute Gasteiger partial charge is 0.309 e. The molecule has 0 aliphatic heterocycles. The molecule has 90 valence electrons. The SMILES string of the molecule is CC1CCCCC1CNCc1ncn(C)n1. The number of aromatic nitrogens is 3. The zero-order valence-corrected chi connectivity index (χ0v) is 10.3. The Hall–Kier alpha value is -0.900. The first-order chi connectivity index (χ1) is 7.75. The summed E-state index contributed by atoms with van der Waals surface area (Å²) in [4.78, 5) is 4.21. The predicted molar refractivity (Wildman–Crippen MR) is 63.8 cm³/mol. The second-order valence-corrected chi connectivity index (χ2v) is 4.99. The van der Waals surface area contributed by atoms with E-state index < -0.39 is 0 Å². The second kappa shape index (κ2) is 5.43. The Morgan fingerprint density at radius 2 is 2.25 bits per heavy atom. The zero-order valence-electron chi connectivity index (χ0n) is 10.3. The summed E-state index contributed by atoms with van der Waals surface area (Å²) >= 11 is 0. The third-order valence-corrected chi connectivity index (χ3v) is 3.63. The van der Waals surface area contributed by atoms with Crippen molar-refractivity contribution in [2.75, 3.05) is 6.54 Å². The molecule has 0 amide bonds. The van der Waals surface area contributed by atoms with Crippen LogP contribution in [0.2, 0.25) is 0 Å². The molecule has 0 spiro atoms. The van der Waals surface area contributed by atoms with Crippen LogP contribution in [-0.2, 0) is 13.6 Å². The molecule has 1 fully saturated rings. The summed E-state index contributed by atoms with van der Waals surface area (Å²) in [5.74, 6) is 2.61. The van der Waals surface area contributed by atoms with Crippen LogP contribution in [0.1, 0.15) is 38.4 Å². The van der Waals surface area contributed by atoms with Crippen molar-refractivity contribution in [1.29, 1.82) is 0 Å². The molecule has 0 aromatic carbocycles. The highest BCUT2D eigenvalue weighted by molar-refractivity contribution is 4.81. The number of hydrogen-bond acceptors (Lipinski definition) is 3. The normalized spacial score (nSPS) is 25.9. The van der Waals surface area contributed by atoms with Crippen molar-refractivity contribution in [1.82, 2.24) is 20.1 Å². The van der Waals surface area contributed by atoms with E-state index in [1.807, 2.05) is 7.05 Å². The summed E-state index contributed by atoms with van der Waals surface area (Å²) in [5.41, 5.74) is 0. The van der Waals surface area contributed by atoms with Crippen LogP contribution in [0.15, 0.2) is 6.33 Å². The van der Waals surface area contributed by atoms with Crippen molar-refractivity contribution >= 4 is 0 Å². The first-order valence-electron chi connectivity index (χ1n) is 6.31. The minimum absolute atomic E-state index is 0.796. The molecule has 1 aromatic heterocycles. The first-order valence-corrected chi connectivity index (χ1v) is 6.31. The van der Waals surface area contributed by atoms with Crippen LogP contribution in [0, 0.1) is 11.8 Å². The van der Waals surface area contributed by atoms with Crippen molar-refractivity contribution in [3.05, 3.63) is 12.2 Å². The lowest BCUT2D eigenvalue weighted by atomic mass is 9.80. The standard InChI is InChI=1S/C12H22N4/c1-10-5-3-4-6-11(10)7-13-8-12-14-9-16(2)15-12/h9-11,13H,3-8H2,1-2H3. The van der Waals surface area contributed by atoms with Crippen LogP contribution >= 0.6 is 0 Å². The minimum Gasteiger partial charge on any atom is -0.309 e. The average molecular weight is 222 g/mol. The molecular formula is C12H22N4. The molecule has 0 radical (unpaired) electrons. The van der Waals surface area contributed by atoms with E-state index >= 15 is 0 Å². The number of rotatable bonds is 4. The van der Waals surface area contributed by atoms with Gasteiger partial charge in [0.1, 0.15) is 6.33 Å². The molecular weight excluding hydrogens is 200 g/mol. The maximum atomic E-state index is 4.26. The van der Waals surface area contributed by atoms with E-state index in [4.69, 9.17) is 0 Å². The number of nitrogens with zero attached hydrogens (tertiary/aromatic N) is 3. The Morgan fingerprint density at radius 1 is 1.44 bits per heavy atom. The minimum atomic E-state index is 0.796. The van der Waals surface area contributed by atoms with Gasteiger partial charge in [-0.05, 0) is 24.8 Å². The number of hydrogen-bond donors (Lipinski definition) is 1. The van der Waals surface area contributed by atoms with Gasteiger partial charge in [-0.2, -0.15) is 5.10 Å². The fourth-order valence-electron chi connectivity index (χ4n) is 2.53. The third-order valence-electron chi connectivity index (χ3n) is 3.63. The lowest BCUT2D eigenvalue weighted by Gasteiger charge is -2.28. The van der Waals surface area contributed by atoms with Crippen molar-refractivity contribution in [2.45, 2.75) is 39.2 Å². The van der Waals surface area contributed by atoms with Gasteiger partial charge >= 0.3 is 0 Å². The van der Waals surface area contributed by atoms with E-state index in [1.54, 1.807) is 11.0 Å². The van der Waals surface area contributed by atoms with Crippen LogP contribution in [0.4, 0.5) is 0 Å². The Morgan fingerprint density at radius 3 is 2.94 bits per heavy atom. The number of aryl methyl sites for hydroxylation is 1. The molecule has 2 atom stereocenters. The van der Waals surface area contributed by atoms with Crippen molar-refractivity contribution in [2.24, 2.45) is 18.9 Å². The van der Waals surface area contributed by atoms with Gasteiger partial charge in [0.05, 0.1) is 6.54 Å². The van der Waals surface area contributed by atoms with Gasteiger partial charge < -0.3 is 5.32 Å². The van der Waals surface area contributed by atoms with Crippen LogP contribution in [0.5, 0.6) is 0 Å². The summed E-state index contributed by atoms with van der Waals surface area (Å²) < 4.78 is 1.75. The smallest absolute Gasteiger partial charge is 0.164 e. The highest BCUT2D eigenvalue weighted by Crippen LogP contribution is 2.28. The molecule has 4 heteroatoms. The highest BCUT2D eigenvalue weighted by Gasteiger charge is 2.20. The van der Waals surface area contributed by atoms with Gasteiger partial charge in [0, 0.05) is 7.05 Å². The quantitative estimate of drug-likeness (QED) is 0.843. The first kappa shape index (κ1) is 11.6. The zero-order chi connectivity index (χ0) is 11.4. The Balaban J connectivity index is 1.71. The van der Waals surface area contributed by atoms with Gasteiger partial charge in [0.2, 0.25) is 0 Å². The predicted octanol–water partition coefficient (Wildman–Crippen LogP) is 1.73. The Bertz CT molecular complexity index is 321. The maximum Gasteiger partial charge on any atom is 0.164 e. The molecule has 1 heterocycles. The van der Waals surface area contributed by atoms with Gasteiger partial charge in [0.15, 0.2) is 5.82 Å². The summed E-state index contributed by atoms with van der Waals surface area (Å²) in [6.07, 6.45) is 7.34. The molecule has 0 saturated heterocycles. The van der Waals surface area contributed by atoms with Crippen LogP contribution in [0.25, 0.3) is 0 Å². The fourth-order valence-corrected chi connectivity index (χ4v) is 2.53. The Kier molecular flexibility index (Phi) is 3.93. The topological polar surface area (TPSA) is 42.7 Å². The average Bonchev–Trinajstić information content (AvgIpc) is 2.67.